The van der Waals surface area contributed by atoms with Gasteiger partial charge in [-0.25, -0.2) is 4.99 Å². The molecule has 6 rings (SSSR count). The standard InChI is InChI=1S/C32H38N4/c1-29(2)21-30(3,4)36-28(33-29)35(31(5,6)32(36,7)8)23-19-17-22(18-20-23)34-26-15-11-9-13-24(26)25-14-10-12-16-27(25)34/h9-20H,21H2,1-8H3. The van der Waals surface area contributed by atoms with Gasteiger partial charge in [0.05, 0.1) is 27.7 Å². The molecule has 36 heavy (non-hydrogen) atoms. The van der Waals surface area contributed by atoms with Crippen molar-refractivity contribution in [2.24, 2.45) is 4.99 Å². The lowest BCUT2D eigenvalue weighted by Crippen LogP contribution is -2.62. The average molecular weight is 479 g/mol. The highest BCUT2D eigenvalue weighted by atomic mass is 15.5. The highest BCUT2D eigenvalue weighted by Crippen LogP contribution is 2.51. The maximum absolute atomic E-state index is 5.34. The second-order valence-electron chi connectivity index (χ2n) is 12.9. The minimum Gasteiger partial charge on any atom is -0.330 e. The van der Waals surface area contributed by atoms with Crippen LogP contribution in [0.25, 0.3) is 27.5 Å². The molecule has 4 aromatic rings. The number of hydrogen-bond donors (Lipinski definition) is 0. The number of guanidine groups is 1. The zero-order valence-electron chi connectivity index (χ0n) is 22.9. The monoisotopic (exact) mass is 478 g/mol. The summed E-state index contributed by atoms with van der Waals surface area (Å²) >= 11 is 0. The molecule has 1 fully saturated rings. The van der Waals surface area contributed by atoms with Gasteiger partial charge in [0.1, 0.15) is 0 Å². The zero-order valence-corrected chi connectivity index (χ0v) is 22.9. The summed E-state index contributed by atoms with van der Waals surface area (Å²) in [5.74, 6) is 1.09. The predicted octanol–water partition coefficient (Wildman–Crippen LogP) is 7.78. The molecule has 4 heteroatoms. The summed E-state index contributed by atoms with van der Waals surface area (Å²) in [5, 5.41) is 2.58. The predicted molar refractivity (Wildman–Crippen MR) is 153 cm³/mol. The minimum absolute atomic E-state index is 0.0129. The Morgan fingerprint density at radius 3 is 1.67 bits per heavy atom. The first-order chi connectivity index (χ1) is 16.9. The van der Waals surface area contributed by atoms with E-state index in [1.54, 1.807) is 0 Å². The van der Waals surface area contributed by atoms with Crippen molar-refractivity contribution in [2.45, 2.75) is 84.0 Å². The molecule has 0 saturated carbocycles. The highest BCUT2D eigenvalue weighted by molar-refractivity contribution is 6.09. The number of hydrogen-bond acceptors (Lipinski definition) is 3. The molecular formula is C32H38N4. The molecular weight excluding hydrogens is 440 g/mol. The maximum atomic E-state index is 5.34. The molecule has 186 valence electrons. The Morgan fingerprint density at radius 2 is 1.11 bits per heavy atom. The lowest BCUT2D eigenvalue weighted by molar-refractivity contribution is 0.0495. The van der Waals surface area contributed by atoms with Crippen molar-refractivity contribution in [1.82, 2.24) is 9.47 Å². The molecule has 1 saturated heterocycles. The Hall–Kier alpha value is -3.27. The van der Waals surface area contributed by atoms with Gasteiger partial charge in [0.2, 0.25) is 5.96 Å². The van der Waals surface area contributed by atoms with Crippen molar-refractivity contribution in [2.75, 3.05) is 4.90 Å². The van der Waals surface area contributed by atoms with Gasteiger partial charge in [0.25, 0.3) is 0 Å². The number of anilines is 1. The lowest BCUT2D eigenvalue weighted by Gasteiger charge is -2.52. The SMILES string of the molecule is CC1(C)CC(C)(C)N2C(=N1)N(c1ccc(-n3c4ccccc4c4ccccc43)cc1)C(C)(C)C2(C)C. The van der Waals surface area contributed by atoms with E-state index in [0.29, 0.717) is 0 Å². The third-order valence-electron chi connectivity index (χ3n) is 8.83. The summed E-state index contributed by atoms with van der Waals surface area (Å²) in [6.07, 6.45) is 1.03. The molecule has 2 aliphatic rings. The molecule has 0 radical (unpaired) electrons. The van der Waals surface area contributed by atoms with Gasteiger partial charge in [0.15, 0.2) is 0 Å². The number of aromatic nitrogens is 1. The molecule has 1 aromatic heterocycles. The van der Waals surface area contributed by atoms with Crippen molar-refractivity contribution in [1.29, 1.82) is 0 Å². The Kier molecular flexibility index (Phi) is 4.60. The first-order valence-electron chi connectivity index (χ1n) is 13.1. The van der Waals surface area contributed by atoms with Gasteiger partial charge in [-0.2, -0.15) is 0 Å². The molecule has 0 atom stereocenters. The van der Waals surface area contributed by atoms with Crippen molar-refractivity contribution in [3.8, 4) is 5.69 Å². The van der Waals surface area contributed by atoms with Crippen LogP contribution >= 0.6 is 0 Å². The van der Waals surface area contributed by atoms with E-state index in [1.165, 1.54) is 33.2 Å². The first-order valence-corrected chi connectivity index (χ1v) is 13.1. The van der Waals surface area contributed by atoms with E-state index in [1.807, 2.05) is 0 Å². The summed E-state index contributed by atoms with van der Waals surface area (Å²) in [4.78, 5) is 10.4. The molecule has 0 unspecified atom stereocenters. The van der Waals surface area contributed by atoms with Crippen LogP contribution in [0.4, 0.5) is 5.69 Å². The molecule has 0 amide bonds. The fourth-order valence-electron chi connectivity index (χ4n) is 7.11. The van der Waals surface area contributed by atoms with E-state index in [-0.39, 0.29) is 22.2 Å². The Morgan fingerprint density at radius 1 is 0.611 bits per heavy atom. The van der Waals surface area contributed by atoms with Crippen LogP contribution in [0, 0.1) is 0 Å². The Labute approximate surface area is 215 Å². The van der Waals surface area contributed by atoms with Crippen molar-refractivity contribution in [3.63, 3.8) is 0 Å². The second kappa shape index (κ2) is 7.15. The third kappa shape index (κ3) is 3.03. The number of para-hydroxylation sites is 2. The van der Waals surface area contributed by atoms with Crippen molar-refractivity contribution < 1.29 is 0 Å². The quantitative estimate of drug-likeness (QED) is 0.294. The zero-order chi connectivity index (χ0) is 25.7. The summed E-state index contributed by atoms with van der Waals surface area (Å²) in [7, 11) is 0. The van der Waals surface area contributed by atoms with Crippen LogP contribution in [-0.4, -0.2) is 37.6 Å². The summed E-state index contributed by atoms with van der Waals surface area (Å²) in [6, 6.07) is 26.4. The van der Waals surface area contributed by atoms with Crippen LogP contribution in [-0.2, 0) is 0 Å². The molecule has 2 aliphatic heterocycles. The number of fused-ring (bicyclic) bond motifs is 4. The average Bonchev–Trinajstić information content (AvgIpc) is 3.19. The van der Waals surface area contributed by atoms with E-state index in [4.69, 9.17) is 4.99 Å². The normalized spacial score (nSPS) is 21.6. The molecule has 0 bridgehead atoms. The lowest BCUT2D eigenvalue weighted by atomic mass is 9.77. The summed E-state index contributed by atoms with van der Waals surface area (Å²) in [5.41, 5.74) is 4.52. The Bertz CT molecular complexity index is 1460. The van der Waals surface area contributed by atoms with E-state index in [2.05, 4.69) is 143 Å². The molecule has 0 aliphatic carbocycles. The molecule has 3 aromatic carbocycles. The van der Waals surface area contributed by atoms with Crippen molar-refractivity contribution in [3.05, 3.63) is 72.8 Å². The minimum atomic E-state index is -0.141. The van der Waals surface area contributed by atoms with Gasteiger partial charge in [0, 0.05) is 27.7 Å². The number of aliphatic imine (C=N–C) groups is 1. The van der Waals surface area contributed by atoms with E-state index >= 15 is 0 Å². The van der Waals surface area contributed by atoms with E-state index in [9.17, 15) is 0 Å². The topological polar surface area (TPSA) is 23.8 Å². The van der Waals surface area contributed by atoms with Crippen LogP contribution in [0.3, 0.4) is 0 Å². The van der Waals surface area contributed by atoms with Gasteiger partial charge in [-0.1, -0.05) is 36.4 Å². The molecule has 3 heterocycles. The second-order valence-corrected chi connectivity index (χ2v) is 12.9. The highest BCUT2D eigenvalue weighted by Gasteiger charge is 2.62. The van der Waals surface area contributed by atoms with Gasteiger partial charge in [-0.3, -0.25) is 0 Å². The van der Waals surface area contributed by atoms with Gasteiger partial charge in [-0.15, -0.1) is 0 Å². The summed E-state index contributed by atoms with van der Waals surface area (Å²) < 4.78 is 2.38. The van der Waals surface area contributed by atoms with Gasteiger partial charge < -0.3 is 14.4 Å². The third-order valence-corrected chi connectivity index (χ3v) is 8.83. The number of benzene rings is 3. The fraction of sp³-hybridized carbons (Fsp3) is 0.406. The maximum Gasteiger partial charge on any atom is 0.203 e. The van der Waals surface area contributed by atoms with Crippen molar-refractivity contribution >= 4 is 33.5 Å². The van der Waals surface area contributed by atoms with Crippen LogP contribution < -0.4 is 4.90 Å². The van der Waals surface area contributed by atoms with Crippen LogP contribution in [0.15, 0.2) is 77.8 Å². The number of rotatable bonds is 2. The number of nitrogens with zero attached hydrogens (tertiary/aromatic N) is 4. The largest absolute Gasteiger partial charge is 0.330 e. The molecule has 4 nitrogen and oxygen atoms in total. The molecule has 0 spiro atoms. The fourth-order valence-corrected chi connectivity index (χ4v) is 7.11. The van der Waals surface area contributed by atoms with Crippen LogP contribution in [0.5, 0.6) is 0 Å². The first kappa shape index (κ1) is 23.1. The van der Waals surface area contributed by atoms with Gasteiger partial charge >= 0.3 is 0 Å². The smallest absolute Gasteiger partial charge is 0.203 e. The Balaban J connectivity index is 1.51. The van der Waals surface area contributed by atoms with Crippen LogP contribution in [0.1, 0.15) is 61.8 Å². The van der Waals surface area contributed by atoms with Crippen LogP contribution in [0.2, 0.25) is 0 Å². The van der Waals surface area contributed by atoms with Gasteiger partial charge in [-0.05, 0) is 98.2 Å². The summed E-state index contributed by atoms with van der Waals surface area (Å²) in [6.45, 7) is 18.7. The van der Waals surface area contributed by atoms with E-state index < -0.39 is 0 Å². The van der Waals surface area contributed by atoms with E-state index in [0.717, 1.165) is 12.4 Å². The molecule has 0 N–H and O–H groups in total.